The van der Waals surface area contributed by atoms with Gasteiger partial charge < -0.3 is 10.1 Å². The number of carbonyl (C=O) groups excluding carboxylic acids is 1. The summed E-state index contributed by atoms with van der Waals surface area (Å²) in [6.07, 6.45) is 0. The molecular weight excluding hydrogens is 351 g/mol. The summed E-state index contributed by atoms with van der Waals surface area (Å²) in [6.45, 7) is -3.02. The van der Waals surface area contributed by atoms with Gasteiger partial charge in [0, 0.05) is 4.47 Å². The molecule has 0 heterocycles. The minimum atomic E-state index is -3.02. The third kappa shape index (κ3) is 3.98. The lowest BCUT2D eigenvalue weighted by molar-refractivity contribution is -0.0493. The Morgan fingerprint density at radius 3 is 2.57 bits per heavy atom. The van der Waals surface area contributed by atoms with Crippen molar-refractivity contribution in [2.24, 2.45) is 0 Å². The number of hydrogen-bond acceptors (Lipinski definition) is 2. The number of carbonyl (C=O) groups is 1. The van der Waals surface area contributed by atoms with Gasteiger partial charge in [-0.3, -0.25) is 4.79 Å². The number of benzene rings is 2. The minimum Gasteiger partial charge on any atom is -0.433 e. The molecule has 2 aromatic rings. The van der Waals surface area contributed by atoms with Crippen LogP contribution in [-0.2, 0) is 0 Å². The largest absolute Gasteiger partial charge is 0.433 e. The van der Waals surface area contributed by atoms with Crippen LogP contribution in [-0.4, -0.2) is 12.5 Å². The molecule has 0 bridgehead atoms. The average molecular weight is 360 g/mol. The van der Waals surface area contributed by atoms with Crippen molar-refractivity contribution in [3.63, 3.8) is 0 Å². The van der Waals surface area contributed by atoms with Crippen LogP contribution in [0.25, 0.3) is 0 Å². The lowest BCUT2D eigenvalue weighted by Crippen LogP contribution is -2.15. The van der Waals surface area contributed by atoms with Crippen LogP contribution in [0.15, 0.2) is 46.9 Å². The molecule has 0 aliphatic rings. The maximum absolute atomic E-state index is 13.7. The van der Waals surface area contributed by atoms with E-state index in [0.29, 0.717) is 4.47 Å². The highest BCUT2D eigenvalue weighted by atomic mass is 79.9. The topological polar surface area (TPSA) is 38.3 Å². The molecular formula is C14H9BrF3NO2. The normalized spacial score (nSPS) is 10.5. The quantitative estimate of drug-likeness (QED) is 0.876. The molecule has 0 fully saturated rings. The van der Waals surface area contributed by atoms with Crippen molar-refractivity contribution in [1.29, 1.82) is 0 Å². The lowest BCUT2D eigenvalue weighted by Gasteiger charge is -2.12. The van der Waals surface area contributed by atoms with Gasteiger partial charge in [0.25, 0.3) is 5.91 Å². The van der Waals surface area contributed by atoms with Crippen LogP contribution in [0.4, 0.5) is 18.9 Å². The number of ether oxygens (including phenoxy) is 1. The Kier molecular flexibility index (Phi) is 4.85. The first-order valence-electron chi connectivity index (χ1n) is 5.77. The number of para-hydroxylation sites is 2. The molecule has 0 aliphatic heterocycles. The second-order valence-electron chi connectivity index (χ2n) is 3.95. The molecule has 2 aromatic carbocycles. The van der Waals surface area contributed by atoms with Gasteiger partial charge in [-0.15, -0.1) is 0 Å². The molecule has 0 unspecified atom stereocenters. The van der Waals surface area contributed by atoms with E-state index in [-0.39, 0.29) is 17.0 Å². The van der Waals surface area contributed by atoms with Crippen molar-refractivity contribution in [2.75, 3.05) is 5.32 Å². The van der Waals surface area contributed by atoms with Crippen LogP contribution in [0, 0.1) is 5.82 Å². The van der Waals surface area contributed by atoms with Crippen molar-refractivity contribution >= 4 is 27.5 Å². The molecule has 0 atom stereocenters. The molecule has 0 spiro atoms. The predicted molar refractivity (Wildman–Crippen MR) is 75.1 cm³/mol. The van der Waals surface area contributed by atoms with E-state index >= 15 is 0 Å². The summed E-state index contributed by atoms with van der Waals surface area (Å²) in [5, 5.41) is 2.34. The Labute approximate surface area is 126 Å². The molecule has 2 rings (SSSR count). The molecule has 3 nitrogen and oxygen atoms in total. The van der Waals surface area contributed by atoms with Crippen LogP contribution in [0.5, 0.6) is 5.75 Å². The Morgan fingerprint density at radius 1 is 1.19 bits per heavy atom. The third-order valence-electron chi connectivity index (χ3n) is 2.53. The Hall–Kier alpha value is -2.02. The summed E-state index contributed by atoms with van der Waals surface area (Å²) >= 11 is 3.08. The van der Waals surface area contributed by atoms with Gasteiger partial charge >= 0.3 is 6.61 Å². The number of alkyl halides is 2. The van der Waals surface area contributed by atoms with Crippen molar-refractivity contribution < 1.29 is 22.7 Å². The number of halogens is 4. The fourth-order valence-corrected chi connectivity index (χ4v) is 1.97. The number of rotatable bonds is 4. The zero-order valence-corrected chi connectivity index (χ0v) is 12.0. The summed E-state index contributed by atoms with van der Waals surface area (Å²) in [4.78, 5) is 12.0. The van der Waals surface area contributed by atoms with E-state index in [4.69, 9.17) is 0 Å². The van der Waals surface area contributed by atoms with Crippen LogP contribution in [0.3, 0.4) is 0 Å². The number of hydrogen-bond donors (Lipinski definition) is 1. The lowest BCUT2D eigenvalue weighted by atomic mass is 10.2. The fraction of sp³-hybridized carbons (Fsp3) is 0.0714. The van der Waals surface area contributed by atoms with Gasteiger partial charge in [-0.25, -0.2) is 4.39 Å². The van der Waals surface area contributed by atoms with Gasteiger partial charge in [-0.1, -0.05) is 28.1 Å². The molecule has 1 N–H and O–H groups in total. The zero-order valence-electron chi connectivity index (χ0n) is 10.4. The van der Waals surface area contributed by atoms with E-state index in [1.54, 1.807) is 0 Å². The van der Waals surface area contributed by atoms with Gasteiger partial charge in [-0.05, 0) is 30.3 Å². The molecule has 0 radical (unpaired) electrons. The van der Waals surface area contributed by atoms with E-state index in [0.717, 1.165) is 6.07 Å². The van der Waals surface area contributed by atoms with Gasteiger partial charge in [0.05, 0.1) is 11.3 Å². The first-order chi connectivity index (χ1) is 9.97. The zero-order chi connectivity index (χ0) is 15.4. The first kappa shape index (κ1) is 15.4. The Bertz CT molecular complexity index is 664. The summed E-state index contributed by atoms with van der Waals surface area (Å²) in [5.41, 5.74) is -0.171. The minimum absolute atomic E-state index is 0.0325. The maximum Gasteiger partial charge on any atom is 0.387 e. The third-order valence-corrected chi connectivity index (χ3v) is 3.02. The molecule has 0 aromatic heterocycles. The highest BCUT2D eigenvalue weighted by Crippen LogP contribution is 2.26. The SMILES string of the molecule is O=C(Nc1ccccc1OC(F)F)c1ccc(Br)cc1F. The summed E-state index contributed by atoms with van der Waals surface area (Å²) < 4.78 is 43.0. The number of amides is 1. The molecule has 110 valence electrons. The monoisotopic (exact) mass is 359 g/mol. The molecule has 0 saturated carbocycles. The van der Waals surface area contributed by atoms with E-state index in [9.17, 15) is 18.0 Å². The van der Waals surface area contributed by atoms with E-state index in [1.807, 2.05) is 0 Å². The number of nitrogens with one attached hydrogen (secondary N) is 1. The summed E-state index contributed by atoms with van der Waals surface area (Å²) in [6, 6.07) is 9.59. The van der Waals surface area contributed by atoms with Crippen molar-refractivity contribution in [1.82, 2.24) is 0 Å². The van der Waals surface area contributed by atoms with Crippen LogP contribution in [0.1, 0.15) is 10.4 Å². The standard InChI is InChI=1S/C14H9BrF3NO2/c15-8-5-6-9(10(16)7-8)13(20)19-11-3-1-2-4-12(11)21-14(17)18/h1-7,14H,(H,19,20). The fourth-order valence-electron chi connectivity index (χ4n) is 1.63. The van der Waals surface area contributed by atoms with Crippen molar-refractivity contribution in [3.05, 3.63) is 58.3 Å². The smallest absolute Gasteiger partial charge is 0.387 e. The van der Waals surface area contributed by atoms with E-state index in [2.05, 4.69) is 26.0 Å². The first-order valence-corrected chi connectivity index (χ1v) is 6.57. The van der Waals surface area contributed by atoms with Crippen molar-refractivity contribution in [3.8, 4) is 5.75 Å². The van der Waals surface area contributed by atoms with Gasteiger partial charge in [-0.2, -0.15) is 8.78 Å². The number of anilines is 1. The summed E-state index contributed by atoms with van der Waals surface area (Å²) in [7, 11) is 0. The molecule has 0 aliphatic carbocycles. The maximum atomic E-state index is 13.7. The van der Waals surface area contributed by atoms with Crippen molar-refractivity contribution in [2.45, 2.75) is 6.61 Å². The van der Waals surface area contributed by atoms with Crippen LogP contribution >= 0.6 is 15.9 Å². The van der Waals surface area contributed by atoms with Gasteiger partial charge in [0.2, 0.25) is 0 Å². The molecule has 0 saturated heterocycles. The highest BCUT2D eigenvalue weighted by molar-refractivity contribution is 9.10. The predicted octanol–water partition coefficient (Wildman–Crippen LogP) is 4.44. The molecule has 1 amide bonds. The summed E-state index contributed by atoms with van der Waals surface area (Å²) in [5.74, 6) is -1.68. The second kappa shape index (κ2) is 6.62. The average Bonchev–Trinajstić information content (AvgIpc) is 2.40. The van der Waals surface area contributed by atoms with Crippen LogP contribution < -0.4 is 10.1 Å². The second-order valence-corrected chi connectivity index (χ2v) is 4.87. The van der Waals surface area contributed by atoms with Crippen LogP contribution in [0.2, 0.25) is 0 Å². The van der Waals surface area contributed by atoms with Gasteiger partial charge in [0.1, 0.15) is 11.6 Å². The van der Waals surface area contributed by atoms with Gasteiger partial charge in [0.15, 0.2) is 0 Å². The Morgan fingerprint density at radius 2 is 1.90 bits per heavy atom. The van der Waals surface area contributed by atoms with E-state index < -0.39 is 18.3 Å². The van der Waals surface area contributed by atoms with E-state index in [1.165, 1.54) is 36.4 Å². The Balaban J connectivity index is 2.23. The molecule has 7 heteroatoms. The molecule has 21 heavy (non-hydrogen) atoms. The highest BCUT2D eigenvalue weighted by Gasteiger charge is 2.15.